The van der Waals surface area contributed by atoms with E-state index in [0.29, 0.717) is 0 Å². The SMILES string of the molecule is O=C(O)Oc1cccc(CCCCCCCCCC(I)I)c1O. The first-order valence-electron chi connectivity index (χ1n) is 8.00. The zero-order valence-electron chi connectivity index (χ0n) is 13.1. The fourth-order valence-electron chi connectivity index (χ4n) is 2.44. The summed E-state index contributed by atoms with van der Waals surface area (Å²) in [5.41, 5.74) is 0.749. The van der Waals surface area contributed by atoms with Gasteiger partial charge in [0.2, 0.25) is 0 Å². The minimum atomic E-state index is -1.41. The summed E-state index contributed by atoms with van der Waals surface area (Å²) in [6.07, 6.45) is 9.17. The Balaban J connectivity index is 2.17. The number of aryl methyl sites for hydroxylation is 1. The van der Waals surface area contributed by atoms with Crippen LogP contribution in [0.15, 0.2) is 18.2 Å². The monoisotopic (exact) mass is 546 g/mol. The molecule has 23 heavy (non-hydrogen) atoms. The predicted octanol–water partition coefficient (Wildman–Crippen LogP) is 6.31. The normalized spacial score (nSPS) is 10.9. The molecule has 0 aliphatic carbocycles. The minimum absolute atomic E-state index is 0.0128. The first-order chi connectivity index (χ1) is 11.0. The van der Waals surface area contributed by atoms with Gasteiger partial charge in [-0.3, -0.25) is 0 Å². The Morgan fingerprint density at radius 1 is 1.04 bits per heavy atom. The number of ether oxygens (including phenoxy) is 1. The van der Waals surface area contributed by atoms with Gasteiger partial charge in [-0.25, -0.2) is 4.79 Å². The Kier molecular flexibility index (Phi) is 11.0. The first-order valence-corrected chi connectivity index (χ1v) is 10.5. The van der Waals surface area contributed by atoms with Crippen LogP contribution in [0, 0.1) is 0 Å². The van der Waals surface area contributed by atoms with Gasteiger partial charge in [-0.1, -0.05) is 95.8 Å². The Labute approximate surface area is 165 Å². The third-order valence-corrected chi connectivity index (χ3v) is 4.89. The molecular formula is C17H24I2O4. The van der Waals surface area contributed by atoms with Crippen molar-refractivity contribution in [1.82, 2.24) is 0 Å². The van der Waals surface area contributed by atoms with Gasteiger partial charge in [0.1, 0.15) is 0 Å². The first kappa shape index (κ1) is 20.8. The average molecular weight is 546 g/mol. The van der Waals surface area contributed by atoms with Crippen LogP contribution in [0.5, 0.6) is 11.5 Å². The second kappa shape index (κ2) is 12.2. The highest BCUT2D eigenvalue weighted by atomic mass is 127. The lowest BCUT2D eigenvalue weighted by Gasteiger charge is -2.08. The molecule has 130 valence electrons. The zero-order valence-corrected chi connectivity index (χ0v) is 17.5. The van der Waals surface area contributed by atoms with Crippen LogP contribution >= 0.6 is 45.2 Å². The molecule has 0 radical (unpaired) electrons. The van der Waals surface area contributed by atoms with Crippen molar-refractivity contribution in [2.75, 3.05) is 0 Å². The van der Waals surface area contributed by atoms with E-state index in [0.717, 1.165) is 26.8 Å². The summed E-state index contributed by atoms with van der Waals surface area (Å²) < 4.78 is 5.30. The van der Waals surface area contributed by atoms with Crippen LogP contribution in [-0.2, 0) is 6.42 Å². The van der Waals surface area contributed by atoms with Gasteiger partial charge in [0, 0.05) is 0 Å². The Morgan fingerprint density at radius 2 is 1.65 bits per heavy atom. The highest BCUT2D eigenvalue weighted by Crippen LogP contribution is 2.31. The van der Waals surface area contributed by atoms with Crippen LogP contribution in [0.25, 0.3) is 0 Å². The van der Waals surface area contributed by atoms with E-state index in [2.05, 4.69) is 49.9 Å². The average Bonchev–Trinajstić information content (AvgIpc) is 2.48. The van der Waals surface area contributed by atoms with E-state index in [9.17, 15) is 9.90 Å². The maximum absolute atomic E-state index is 10.5. The molecule has 2 N–H and O–H groups in total. The van der Waals surface area contributed by atoms with E-state index < -0.39 is 6.16 Å². The van der Waals surface area contributed by atoms with E-state index in [1.54, 1.807) is 6.07 Å². The van der Waals surface area contributed by atoms with Crippen molar-refractivity contribution in [2.24, 2.45) is 0 Å². The summed E-state index contributed by atoms with van der Waals surface area (Å²) in [6.45, 7) is 0. The van der Waals surface area contributed by atoms with E-state index in [-0.39, 0.29) is 11.5 Å². The van der Waals surface area contributed by atoms with E-state index >= 15 is 0 Å². The third-order valence-electron chi connectivity index (χ3n) is 3.65. The van der Waals surface area contributed by atoms with Gasteiger partial charge in [0.25, 0.3) is 0 Å². The number of unbranched alkanes of at least 4 members (excludes halogenated alkanes) is 6. The minimum Gasteiger partial charge on any atom is -0.504 e. The van der Waals surface area contributed by atoms with E-state index in [1.807, 2.05) is 6.07 Å². The lowest BCUT2D eigenvalue weighted by molar-refractivity contribution is 0.143. The van der Waals surface area contributed by atoms with Crippen molar-refractivity contribution in [2.45, 2.75) is 59.7 Å². The van der Waals surface area contributed by atoms with Gasteiger partial charge in [0.05, 0.1) is 1.93 Å². The quantitative estimate of drug-likeness (QED) is 0.112. The molecule has 0 bridgehead atoms. The van der Waals surface area contributed by atoms with Gasteiger partial charge in [-0.05, 0) is 30.9 Å². The van der Waals surface area contributed by atoms with Gasteiger partial charge in [-0.15, -0.1) is 0 Å². The molecular weight excluding hydrogens is 522 g/mol. The van der Waals surface area contributed by atoms with Gasteiger partial charge in [0.15, 0.2) is 11.5 Å². The second-order valence-corrected chi connectivity index (χ2v) is 10.9. The lowest BCUT2D eigenvalue weighted by atomic mass is 10.0. The number of phenolic OH excluding ortho intramolecular Hbond substituents is 1. The summed E-state index contributed by atoms with van der Waals surface area (Å²) in [7, 11) is 0. The molecule has 0 fully saturated rings. The topological polar surface area (TPSA) is 66.8 Å². The largest absolute Gasteiger partial charge is 0.511 e. The molecule has 0 unspecified atom stereocenters. The van der Waals surface area contributed by atoms with Crippen molar-refractivity contribution in [1.29, 1.82) is 0 Å². The summed E-state index contributed by atoms with van der Waals surface area (Å²) in [5, 5.41) is 18.6. The second-order valence-electron chi connectivity index (χ2n) is 5.54. The maximum atomic E-state index is 10.5. The third kappa shape index (κ3) is 9.59. The van der Waals surface area contributed by atoms with E-state index in [1.165, 1.54) is 44.6 Å². The highest BCUT2D eigenvalue weighted by molar-refractivity contribution is 14.2. The predicted molar refractivity (Wildman–Crippen MR) is 109 cm³/mol. The number of benzene rings is 1. The van der Waals surface area contributed by atoms with E-state index in [4.69, 9.17) is 5.11 Å². The Hall–Kier alpha value is -0.250. The Morgan fingerprint density at radius 3 is 2.26 bits per heavy atom. The Bertz CT molecular complexity index is 478. The number of carbonyl (C=O) groups is 1. The molecule has 0 saturated heterocycles. The van der Waals surface area contributed by atoms with Gasteiger partial charge >= 0.3 is 6.16 Å². The van der Waals surface area contributed by atoms with Crippen LogP contribution in [0.3, 0.4) is 0 Å². The molecule has 6 heteroatoms. The molecule has 0 aliphatic rings. The van der Waals surface area contributed by atoms with Crippen molar-refractivity contribution < 1.29 is 19.7 Å². The molecule has 0 spiro atoms. The van der Waals surface area contributed by atoms with Crippen molar-refractivity contribution in [3.8, 4) is 11.5 Å². The number of hydrogen-bond donors (Lipinski definition) is 2. The fraction of sp³-hybridized carbons (Fsp3) is 0.588. The number of hydrogen-bond acceptors (Lipinski definition) is 3. The number of carboxylic acid groups (broad SMARTS) is 1. The van der Waals surface area contributed by atoms with Crippen LogP contribution in [0.4, 0.5) is 4.79 Å². The summed E-state index contributed by atoms with van der Waals surface area (Å²) in [5.74, 6) is -0.0409. The molecule has 0 atom stereocenters. The van der Waals surface area contributed by atoms with Crippen molar-refractivity contribution in [3.05, 3.63) is 23.8 Å². The van der Waals surface area contributed by atoms with Crippen molar-refractivity contribution in [3.63, 3.8) is 0 Å². The number of halogens is 2. The van der Waals surface area contributed by atoms with Crippen LogP contribution in [0.2, 0.25) is 0 Å². The fourth-order valence-corrected chi connectivity index (χ4v) is 3.32. The molecule has 0 aromatic heterocycles. The van der Waals surface area contributed by atoms with Crippen LogP contribution < -0.4 is 4.74 Å². The van der Waals surface area contributed by atoms with Gasteiger partial charge < -0.3 is 14.9 Å². The number of para-hydroxylation sites is 1. The van der Waals surface area contributed by atoms with Crippen LogP contribution in [-0.4, -0.2) is 18.3 Å². The van der Waals surface area contributed by atoms with Gasteiger partial charge in [-0.2, -0.15) is 0 Å². The molecule has 0 amide bonds. The summed E-state index contributed by atoms with van der Waals surface area (Å²) >= 11 is 4.93. The zero-order chi connectivity index (χ0) is 17.1. The molecule has 0 heterocycles. The van der Waals surface area contributed by atoms with Crippen molar-refractivity contribution >= 4 is 51.3 Å². The molecule has 1 aromatic rings. The molecule has 0 aliphatic heterocycles. The summed E-state index contributed by atoms with van der Waals surface area (Å²) in [6, 6.07) is 4.98. The number of phenols is 1. The molecule has 4 nitrogen and oxygen atoms in total. The number of aromatic hydroxyl groups is 1. The number of alkyl halides is 2. The summed E-state index contributed by atoms with van der Waals surface area (Å²) in [4.78, 5) is 10.5. The lowest BCUT2D eigenvalue weighted by Crippen LogP contribution is -2.03. The highest BCUT2D eigenvalue weighted by Gasteiger charge is 2.10. The smallest absolute Gasteiger partial charge is 0.504 e. The number of rotatable bonds is 11. The molecule has 1 aromatic carbocycles. The molecule has 1 rings (SSSR count). The standard InChI is InChI=1S/C17H24I2O4/c18-15(19)12-7-5-3-1-2-4-6-9-13-10-8-11-14(16(13)20)23-17(21)22/h8,10-11,15,20H,1-7,9,12H2,(H,21,22). The molecule has 0 saturated carbocycles. The van der Waals surface area contributed by atoms with Crippen LogP contribution in [0.1, 0.15) is 56.9 Å². The maximum Gasteiger partial charge on any atom is 0.511 e.